The van der Waals surface area contributed by atoms with Crippen molar-refractivity contribution in [3.63, 3.8) is 0 Å². The van der Waals surface area contributed by atoms with Gasteiger partial charge in [-0.15, -0.1) is 11.3 Å². The molecule has 2 heterocycles. The first kappa shape index (κ1) is 13.1. The number of aryl methyl sites for hydroxylation is 1. The van der Waals surface area contributed by atoms with E-state index in [1.54, 1.807) is 11.3 Å². The van der Waals surface area contributed by atoms with E-state index in [1.165, 1.54) is 10.7 Å². The summed E-state index contributed by atoms with van der Waals surface area (Å²) in [5.74, 6) is 0.749. The molecule has 0 radical (unpaired) electrons. The summed E-state index contributed by atoms with van der Waals surface area (Å²) >= 11 is 1.75. The van der Waals surface area contributed by atoms with Crippen molar-refractivity contribution in [2.75, 3.05) is 26.2 Å². The number of hydrogen-bond donors (Lipinski definition) is 0. The third-order valence-corrected chi connectivity index (χ3v) is 4.94. The quantitative estimate of drug-likeness (QED) is 0.842. The van der Waals surface area contributed by atoms with E-state index < -0.39 is 0 Å². The van der Waals surface area contributed by atoms with E-state index in [0.717, 1.165) is 52.0 Å². The fourth-order valence-electron chi connectivity index (χ4n) is 2.53. The van der Waals surface area contributed by atoms with Crippen molar-refractivity contribution in [2.45, 2.75) is 32.7 Å². The summed E-state index contributed by atoms with van der Waals surface area (Å²) in [5, 5.41) is 3.39. The third-order valence-electron chi connectivity index (χ3n) is 3.90. The molecule has 2 aliphatic rings. The largest absolute Gasteiger partial charge is 0.340 e. The van der Waals surface area contributed by atoms with Crippen molar-refractivity contribution in [2.24, 2.45) is 5.92 Å². The number of hydrogen-bond acceptors (Lipinski definition) is 4. The van der Waals surface area contributed by atoms with Crippen LogP contribution in [0.25, 0.3) is 0 Å². The van der Waals surface area contributed by atoms with Crippen LogP contribution in [0.4, 0.5) is 0 Å². The summed E-state index contributed by atoms with van der Waals surface area (Å²) < 4.78 is 0. The first-order valence-corrected chi connectivity index (χ1v) is 8.08. The molecule has 2 fully saturated rings. The van der Waals surface area contributed by atoms with Crippen molar-refractivity contribution >= 4 is 17.2 Å². The Labute approximate surface area is 118 Å². The van der Waals surface area contributed by atoms with Crippen LogP contribution in [0.15, 0.2) is 5.38 Å². The van der Waals surface area contributed by atoms with Gasteiger partial charge in [0, 0.05) is 44.0 Å². The average molecular weight is 279 g/mol. The average Bonchev–Trinajstić information content (AvgIpc) is 3.19. The minimum atomic E-state index is 0.359. The highest BCUT2D eigenvalue weighted by Gasteiger charge is 2.34. The fraction of sp³-hybridized carbons (Fsp3) is 0.714. The maximum Gasteiger partial charge on any atom is 0.225 e. The Bertz CT molecular complexity index is 447. The number of amides is 1. The number of thiazole rings is 1. The summed E-state index contributed by atoms with van der Waals surface area (Å²) in [6.07, 6.45) is 3.24. The summed E-state index contributed by atoms with van der Waals surface area (Å²) in [7, 11) is 0. The minimum Gasteiger partial charge on any atom is -0.340 e. The van der Waals surface area contributed by atoms with E-state index in [9.17, 15) is 4.79 Å². The summed E-state index contributed by atoms with van der Waals surface area (Å²) in [4.78, 5) is 21.0. The van der Waals surface area contributed by atoms with E-state index in [1.807, 2.05) is 4.90 Å². The van der Waals surface area contributed by atoms with Crippen LogP contribution in [-0.4, -0.2) is 46.9 Å². The Kier molecular flexibility index (Phi) is 3.84. The van der Waals surface area contributed by atoms with Crippen LogP contribution in [0.2, 0.25) is 0 Å². The molecule has 0 spiro atoms. The van der Waals surface area contributed by atoms with Crippen molar-refractivity contribution in [3.05, 3.63) is 16.1 Å². The summed E-state index contributed by atoms with van der Waals surface area (Å²) in [6, 6.07) is 0. The molecule has 104 valence electrons. The highest BCUT2D eigenvalue weighted by Crippen LogP contribution is 2.31. The van der Waals surface area contributed by atoms with Gasteiger partial charge in [0.2, 0.25) is 5.91 Å². The van der Waals surface area contributed by atoms with Crippen LogP contribution >= 0.6 is 11.3 Å². The Balaban J connectivity index is 1.48. The standard InChI is InChI=1S/C14H21N3OS/c1-2-13-15-12(10-19-13)9-16-5-7-17(8-6-16)14(18)11-3-4-11/h10-11H,2-9H2,1H3. The van der Waals surface area contributed by atoms with Gasteiger partial charge in [0.1, 0.15) is 0 Å². The number of rotatable bonds is 4. The highest BCUT2D eigenvalue weighted by molar-refractivity contribution is 7.09. The van der Waals surface area contributed by atoms with Gasteiger partial charge < -0.3 is 4.90 Å². The van der Waals surface area contributed by atoms with Crippen LogP contribution in [-0.2, 0) is 17.8 Å². The van der Waals surface area contributed by atoms with Crippen LogP contribution in [0, 0.1) is 5.92 Å². The lowest BCUT2D eigenvalue weighted by Crippen LogP contribution is -2.48. The lowest BCUT2D eigenvalue weighted by molar-refractivity contribution is -0.134. The second kappa shape index (κ2) is 5.59. The summed E-state index contributed by atoms with van der Waals surface area (Å²) in [6.45, 7) is 6.82. The van der Waals surface area contributed by atoms with Gasteiger partial charge in [0.05, 0.1) is 10.7 Å². The van der Waals surface area contributed by atoms with E-state index in [2.05, 4.69) is 22.2 Å². The monoisotopic (exact) mass is 279 g/mol. The number of aromatic nitrogens is 1. The number of carbonyl (C=O) groups excluding carboxylic acids is 1. The van der Waals surface area contributed by atoms with Crippen molar-refractivity contribution < 1.29 is 4.79 Å². The molecule has 0 N–H and O–H groups in total. The van der Waals surface area contributed by atoms with Gasteiger partial charge in [-0.25, -0.2) is 4.98 Å². The maximum absolute atomic E-state index is 12.0. The lowest BCUT2D eigenvalue weighted by Gasteiger charge is -2.34. The Morgan fingerprint density at radius 2 is 2.11 bits per heavy atom. The zero-order valence-electron chi connectivity index (χ0n) is 11.5. The van der Waals surface area contributed by atoms with E-state index in [-0.39, 0.29) is 0 Å². The molecular weight excluding hydrogens is 258 g/mol. The lowest BCUT2D eigenvalue weighted by atomic mass is 10.2. The molecule has 0 aromatic carbocycles. The van der Waals surface area contributed by atoms with E-state index in [0.29, 0.717) is 11.8 Å². The van der Waals surface area contributed by atoms with Crippen LogP contribution < -0.4 is 0 Å². The van der Waals surface area contributed by atoms with Crippen LogP contribution in [0.3, 0.4) is 0 Å². The zero-order chi connectivity index (χ0) is 13.2. The first-order valence-electron chi connectivity index (χ1n) is 7.20. The molecule has 1 saturated heterocycles. The number of carbonyl (C=O) groups is 1. The van der Waals surface area contributed by atoms with Crippen LogP contribution in [0.1, 0.15) is 30.5 Å². The fourth-order valence-corrected chi connectivity index (χ4v) is 3.26. The molecule has 5 heteroatoms. The first-order chi connectivity index (χ1) is 9.26. The zero-order valence-corrected chi connectivity index (χ0v) is 12.3. The molecule has 1 saturated carbocycles. The van der Waals surface area contributed by atoms with Crippen LogP contribution in [0.5, 0.6) is 0 Å². The highest BCUT2D eigenvalue weighted by atomic mass is 32.1. The smallest absolute Gasteiger partial charge is 0.225 e. The molecule has 4 nitrogen and oxygen atoms in total. The maximum atomic E-state index is 12.0. The molecule has 0 bridgehead atoms. The molecule has 1 aliphatic heterocycles. The molecule has 1 amide bonds. The van der Waals surface area contributed by atoms with Gasteiger partial charge in [-0.1, -0.05) is 6.92 Å². The molecule has 1 aromatic rings. The second-order valence-corrected chi connectivity index (χ2v) is 6.40. The van der Waals surface area contributed by atoms with Gasteiger partial charge >= 0.3 is 0 Å². The minimum absolute atomic E-state index is 0.359. The van der Waals surface area contributed by atoms with Crippen molar-refractivity contribution in [3.8, 4) is 0 Å². The normalized spacial score (nSPS) is 20.8. The topological polar surface area (TPSA) is 36.4 Å². The number of nitrogens with zero attached hydrogens (tertiary/aromatic N) is 3. The molecule has 0 atom stereocenters. The van der Waals surface area contributed by atoms with Crippen molar-refractivity contribution in [1.82, 2.24) is 14.8 Å². The van der Waals surface area contributed by atoms with Gasteiger partial charge in [0.25, 0.3) is 0 Å². The van der Waals surface area contributed by atoms with Gasteiger partial charge in [-0.2, -0.15) is 0 Å². The molecule has 3 rings (SSSR count). The van der Waals surface area contributed by atoms with E-state index in [4.69, 9.17) is 0 Å². The Hall–Kier alpha value is -0.940. The predicted molar refractivity (Wildman–Crippen MR) is 76.1 cm³/mol. The van der Waals surface area contributed by atoms with Gasteiger partial charge in [-0.3, -0.25) is 9.69 Å². The van der Waals surface area contributed by atoms with Crippen molar-refractivity contribution in [1.29, 1.82) is 0 Å². The molecule has 1 aliphatic carbocycles. The van der Waals surface area contributed by atoms with Gasteiger partial charge in [0.15, 0.2) is 0 Å². The Morgan fingerprint density at radius 1 is 1.37 bits per heavy atom. The number of piperazine rings is 1. The molecule has 19 heavy (non-hydrogen) atoms. The molecule has 0 unspecified atom stereocenters. The SMILES string of the molecule is CCc1nc(CN2CCN(C(=O)C3CC3)CC2)cs1. The third kappa shape index (κ3) is 3.15. The predicted octanol–water partition coefficient (Wildman–Crippen LogP) is 1.76. The molecule has 1 aromatic heterocycles. The summed E-state index contributed by atoms with van der Waals surface area (Å²) in [5.41, 5.74) is 1.18. The second-order valence-electron chi connectivity index (χ2n) is 5.46. The van der Waals surface area contributed by atoms with Gasteiger partial charge in [-0.05, 0) is 19.3 Å². The molecular formula is C14H21N3OS. The Morgan fingerprint density at radius 3 is 2.68 bits per heavy atom. The van der Waals surface area contributed by atoms with E-state index >= 15 is 0 Å².